The van der Waals surface area contributed by atoms with Gasteiger partial charge < -0.3 is 4.90 Å². The molecule has 1 aromatic heterocycles. The van der Waals surface area contributed by atoms with Crippen LogP contribution in [0.25, 0.3) is 33.3 Å². The minimum absolute atomic E-state index is 0.257. The molecule has 6 aromatic rings. The fourth-order valence-corrected chi connectivity index (χ4v) is 6.06. The Bertz CT molecular complexity index is 1720. The van der Waals surface area contributed by atoms with Crippen molar-refractivity contribution in [1.29, 1.82) is 0 Å². The summed E-state index contributed by atoms with van der Waals surface area (Å²) in [6.07, 6.45) is 0. The smallest absolute Gasteiger partial charge is 0.123 e. The first-order valence-corrected chi connectivity index (χ1v) is 13.0. The van der Waals surface area contributed by atoms with E-state index in [-0.39, 0.29) is 5.82 Å². The molecule has 0 spiro atoms. The highest BCUT2D eigenvalue weighted by Gasteiger charge is 2.26. The molecule has 176 valence electrons. The van der Waals surface area contributed by atoms with E-state index >= 15 is 0 Å². The second-order valence-corrected chi connectivity index (χ2v) is 10.1. The molecule has 2 nitrogen and oxygen atoms in total. The number of pyridine rings is 1. The molecule has 0 aliphatic carbocycles. The van der Waals surface area contributed by atoms with Gasteiger partial charge in [0.15, 0.2) is 0 Å². The molecule has 0 saturated carbocycles. The van der Waals surface area contributed by atoms with Crippen LogP contribution in [0, 0.1) is 5.82 Å². The molecule has 4 heteroatoms. The number of benzene rings is 5. The Morgan fingerprint density at radius 3 is 1.89 bits per heavy atom. The first-order chi connectivity index (χ1) is 18.3. The van der Waals surface area contributed by atoms with Crippen molar-refractivity contribution in [3.63, 3.8) is 0 Å². The minimum atomic E-state index is -0.257. The molecule has 0 atom stereocenters. The molecular formula is C33H21FN2S. The van der Waals surface area contributed by atoms with Crippen LogP contribution < -0.4 is 4.90 Å². The lowest BCUT2D eigenvalue weighted by Crippen LogP contribution is -2.15. The predicted molar refractivity (Wildman–Crippen MR) is 151 cm³/mol. The average Bonchev–Trinajstić information content (AvgIpc) is 2.96. The van der Waals surface area contributed by atoms with E-state index in [9.17, 15) is 4.39 Å². The van der Waals surface area contributed by atoms with Crippen molar-refractivity contribution >= 4 is 39.7 Å². The molecule has 0 unspecified atom stereocenters. The molecule has 0 bridgehead atoms. The van der Waals surface area contributed by atoms with E-state index in [4.69, 9.17) is 4.98 Å². The maximum Gasteiger partial charge on any atom is 0.123 e. The van der Waals surface area contributed by atoms with Crippen LogP contribution in [-0.4, -0.2) is 4.98 Å². The Hall–Kier alpha value is -4.41. The number of aromatic nitrogens is 1. The summed E-state index contributed by atoms with van der Waals surface area (Å²) in [4.78, 5) is 9.94. The van der Waals surface area contributed by atoms with Crippen LogP contribution in [0.2, 0.25) is 0 Å². The third kappa shape index (κ3) is 3.78. The largest absolute Gasteiger partial charge is 0.306 e. The lowest BCUT2D eigenvalue weighted by molar-refractivity contribution is 0.628. The molecule has 7 rings (SSSR count). The lowest BCUT2D eigenvalue weighted by atomic mass is 9.97. The fourth-order valence-electron chi connectivity index (χ4n) is 5.00. The van der Waals surface area contributed by atoms with E-state index < -0.39 is 0 Å². The summed E-state index contributed by atoms with van der Waals surface area (Å²) in [7, 11) is 0. The van der Waals surface area contributed by atoms with Gasteiger partial charge in [0.2, 0.25) is 0 Å². The number of hydrogen-bond donors (Lipinski definition) is 0. The predicted octanol–water partition coefficient (Wildman–Crippen LogP) is 9.64. The van der Waals surface area contributed by atoms with Crippen LogP contribution >= 0.6 is 11.8 Å². The van der Waals surface area contributed by atoms with Gasteiger partial charge in [-0.1, -0.05) is 78.5 Å². The van der Waals surface area contributed by atoms with Crippen LogP contribution in [0.5, 0.6) is 0 Å². The molecular weight excluding hydrogens is 475 g/mol. The number of rotatable bonds is 3. The zero-order chi connectivity index (χ0) is 24.8. The van der Waals surface area contributed by atoms with E-state index in [1.165, 1.54) is 21.9 Å². The monoisotopic (exact) mass is 496 g/mol. The van der Waals surface area contributed by atoms with E-state index in [0.29, 0.717) is 0 Å². The lowest BCUT2D eigenvalue weighted by Gasteiger charge is -2.33. The van der Waals surface area contributed by atoms with Crippen molar-refractivity contribution in [2.75, 3.05) is 4.90 Å². The third-order valence-electron chi connectivity index (χ3n) is 6.72. The molecule has 2 heterocycles. The van der Waals surface area contributed by atoms with Crippen LogP contribution in [-0.2, 0) is 0 Å². The van der Waals surface area contributed by atoms with Crippen molar-refractivity contribution in [3.05, 3.63) is 133 Å². The average molecular weight is 497 g/mol. The Balaban J connectivity index is 1.55. The summed E-state index contributed by atoms with van der Waals surface area (Å²) in [5.41, 5.74) is 8.09. The summed E-state index contributed by atoms with van der Waals surface area (Å²) in [6.45, 7) is 0. The van der Waals surface area contributed by atoms with E-state index in [0.717, 1.165) is 50.3 Å². The highest BCUT2D eigenvalue weighted by Crippen LogP contribution is 2.52. The minimum Gasteiger partial charge on any atom is -0.306 e. The van der Waals surface area contributed by atoms with E-state index in [1.54, 1.807) is 23.9 Å². The van der Waals surface area contributed by atoms with Gasteiger partial charge in [-0.3, -0.25) is 0 Å². The fraction of sp³-hybridized carbons (Fsp3) is 0. The van der Waals surface area contributed by atoms with Crippen LogP contribution in [0.15, 0.2) is 137 Å². The van der Waals surface area contributed by atoms with Gasteiger partial charge in [-0.15, -0.1) is 0 Å². The first kappa shape index (κ1) is 21.8. The quantitative estimate of drug-likeness (QED) is 0.242. The van der Waals surface area contributed by atoms with Crippen molar-refractivity contribution < 1.29 is 4.39 Å². The van der Waals surface area contributed by atoms with Crippen LogP contribution in [0.4, 0.5) is 21.5 Å². The highest BCUT2D eigenvalue weighted by molar-refractivity contribution is 7.99. The standard InChI is InChI=1S/C33H21FN2S/c34-24-19-17-23(18-20-24)27-21-26(22-9-2-1-3-10-22)25-11-8-14-30(33(25)35-27)36-28-12-4-6-15-31(28)37-32-16-7-5-13-29(32)36/h1-21H. The van der Waals surface area contributed by atoms with Gasteiger partial charge in [-0.2, -0.15) is 0 Å². The number of hydrogen-bond acceptors (Lipinski definition) is 3. The summed E-state index contributed by atoms with van der Waals surface area (Å²) in [5, 5.41) is 1.07. The van der Waals surface area contributed by atoms with E-state index in [2.05, 4.69) is 102 Å². The van der Waals surface area contributed by atoms with Crippen LogP contribution in [0.1, 0.15) is 0 Å². The molecule has 5 aromatic carbocycles. The molecule has 0 saturated heterocycles. The van der Waals surface area contributed by atoms with Gasteiger partial charge in [0.25, 0.3) is 0 Å². The Kier molecular flexibility index (Phi) is 5.26. The molecule has 0 amide bonds. The van der Waals surface area contributed by atoms with Crippen molar-refractivity contribution in [2.24, 2.45) is 0 Å². The highest BCUT2D eigenvalue weighted by atomic mass is 32.2. The number of fused-ring (bicyclic) bond motifs is 3. The molecule has 0 fully saturated rings. The number of halogens is 1. The Morgan fingerprint density at radius 2 is 1.19 bits per heavy atom. The van der Waals surface area contributed by atoms with Gasteiger partial charge in [-0.05, 0) is 71.8 Å². The van der Waals surface area contributed by atoms with Crippen molar-refractivity contribution in [3.8, 4) is 22.4 Å². The topological polar surface area (TPSA) is 16.1 Å². The first-order valence-electron chi connectivity index (χ1n) is 12.2. The molecule has 1 aliphatic rings. The van der Waals surface area contributed by atoms with Gasteiger partial charge >= 0.3 is 0 Å². The molecule has 37 heavy (non-hydrogen) atoms. The maximum atomic E-state index is 13.8. The number of nitrogens with zero attached hydrogens (tertiary/aromatic N) is 2. The summed E-state index contributed by atoms with van der Waals surface area (Å²) in [6, 6.07) is 42.4. The van der Waals surface area contributed by atoms with Gasteiger partial charge in [0.1, 0.15) is 5.82 Å². The molecule has 1 aliphatic heterocycles. The second-order valence-electron chi connectivity index (χ2n) is 8.97. The zero-order valence-corrected chi connectivity index (χ0v) is 20.6. The maximum absolute atomic E-state index is 13.8. The SMILES string of the molecule is Fc1ccc(-c2cc(-c3ccccc3)c3cccc(N4c5ccccc5Sc5ccccc54)c3n2)cc1. The van der Waals surface area contributed by atoms with Gasteiger partial charge in [0, 0.05) is 20.7 Å². The Morgan fingerprint density at radius 1 is 0.568 bits per heavy atom. The summed E-state index contributed by atoms with van der Waals surface area (Å²) >= 11 is 1.79. The van der Waals surface area contributed by atoms with Crippen molar-refractivity contribution in [2.45, 2.75) is 9.79 Å². The number of para-hydroxylation sites is 3. The van der Waals surface area contributed by atoms with Gasteiger partial charge in [0.05, 0.1) is 28.3 Å². The van der Waals surface area contributed by atoms with Crippen molar-refractivity contribution in [1.82, 2.24) is 4.98 Å². The van der Waals surface area contributed by atoms with Gasteiger partial charge in [-0.25, -0.2) is 9.37 Å². The number of anilines is 3. The third-order valence-corrected chi connectivity index (χ3v) is 7.85. The zero-order valence-electron chi connectivity index (χ0n) is 19.8. The Labute approximate surface area is 219 Å². The second kappa shape index (κ2) is 8.91. The summed E-state index contributed by atoms with van der Waals surface area (Å²) < 4.78 is 13.8. The summed E-state index contributed by atoms with van der Waals surface area (Å²) in [5.74, 6) is -0.257. The van der Waals surface area contributed by atoms with E-state index in [1.807, 2.05) is 6.07 Å². The molecule has 0 radical (unpaired) electrons. The molecule has 0 N–H and O–H groups in total. The van der Waals surface area contributed by atoms with Crippen LogP contribution in [0.3, 0.4) is 0 Å². The normalized spacial score (nSPS) is 12.3.